The van der Waals surface area contributed by atoms with Crippen LogP contribution >= 0.6 is 0 Å². The first-order valence-electron chi connectivity index (χ1n) is 8.67. The second kappa shape index (κ2) is 8.34. The van der Waals surface area contributed by atoms with E-state index in [0.29, 0.717) is 12.4 Å². The van der Waals surface area contributed by atoms with E-state index in [4.69, 9.17) is 4.74 Å². The van der Waals surface area contributed by atoms with Crippen molar-refractivity contribution in [1.29, 1.82) is 0 Å². The van der Waals surface area contributed by atoms with Crippen LogP contribution in [-0.2, 0) is 11.3 Å². The molecule has 1 aromatic rings. The summed E-state index contributed by atoms with van der Waals surface area (Å²) in [5.41, 5.74) is 0.437. The third-order valence-electron chi connectivity index (χ3n) is 4.07. The number of carbonyl (C=O) groups excluding carboxylic acids is 1. The van der Waals surface area contributed by atoms with E-state index in [1.165, 1.54) is 38.5 Å². The van der Waals surface area contributed by atoms with E-state index in [1.807, 2.05) is 20.8 Å². The van der Waals surface area contributed by atoms with Gasteiger partial charge < -0.3 is 10.1 Å². The zero-order chi connectivity index (χ0) is 16.7. The molecule has 0 aliphatic heterocycles. The molecule has 0 radical (unpaired) electrons. The molecule has 130 valence electrons. The van der Waals surface area contributed by atoms with E-state index in [-0.39, 0.29) is 0 Å². The minimum Gasteiger partial charge on any atom is -0.444 e. The maximum Gasteiger partial charge on any atom is 0.413 e. The van der Waals surface area contributed by atoms with Crippen molar-refractivity contribution in [2.24, 2.45) is 5.92 Å². The summed E-state index contributed by atoms with van der Waals surface area (Å²) in [6, 6.07) is 0. The molecule has 6 heteroatoms. The average Bonchev–Trinajstić information content (AvgIpc) is 2.71. The minimum atomic E-state index is -0.512. The lowest BCUT2D eigenvalue weighted by Gasteiger charge is -2.19. The molecule has 1 heterocycles. The van der Waals surface area contributed by atoms with Gasteiger partial charge in [0.15, 0.2) is 0 Å². The van der Waals surface area contributed by atoms with Crippen LogP contribution in [0.25, 0.3) is 0 Å². The molecule has 1 aromatic heterocycles. The van der Waals surface area contributed by atoms with Gasteiger partial charge in [-0.05, 0) is 46.1 Å². The molecule has 1 amide bonds. The van der Waals surface area contributed by atoms with Crippen LogP contribution in [0, 0.1) is 5.92 Å². The molecule has 0 atom stereocenters. The molecule has 3 N–H and O–H groups in total. The highest BCUT2D eigenvalue weighted by atomic mass is 16.6. The lowest BCUT2D eigenvalue weighted by atomic mass is 10.0. The number of anilines is 1. The zero-order valence-corrected chi connectivity index (χ0v) is 14.6. The lowest BCUT2D eigenvalue weighted by molar-refractivity contribution is 0.0635. The highest BCUT2D eigenvalue weighted by Crippen LogP contribution is 2.22. The van der Waals surface area contributed by atoms with Crippen LogP contribution < -0.4 is 10.6 Å². The molecule has 1 aliphatic carbocycles. The molecule has 2 rings (SSSR count). The van der Waals surface area contributed by atoms with Crippen molar-refractivity contribution in [2.75, 3.05) is 11.9 Å². The van der Waals surface area contributed by atoms with Crippen LogP contribution in [0.15, 0.2) is 6.20 Å². The fourth-order valence-electron chi connectivity index (χ4n) is 2.94. The third-order valence-corrected chi connectivity index (χ3v) is 4.07. The van der Waals surface area contributed by atoms with Gasteiger partial charge in [-0.3, -0.25) is 10.4 Å². The molecular formula is C17H30N4O2. The summed E-state index contributed by atoms with van der Waals surface area (Å²) in [4.78, 5) is 11.8. The summed E-state index contributed by atoms with van der Waals surface area (Å²) in [7, 11) is 0. The Morgan fingerprint density at radius 3 is 2.65 bits per heavy atom. The number of aromatic nitrogens is 2. The van der Waals surface area contributed by atoms with Gasteiger partial charge >= 0.3 is 6.09 Å². The smallest absolute Gasteiger partial charge is 0.413 e. The summed E-state index contributed by atoms with van der Waals surface area (Å²) in [5, 5.41) is 13.1. The summed E-state index contributed by atoms with van der Waals surface area (Å²) >= 11 is 0. The number of rotatable bonds is 5. The van der Waals surface area contributed by atoms with Crippen LogP contribution in [-0.4, -0.2) is 28.4 Å². The second-order valence-electron chi connectivity index (χ2n) is 7.39. The molecule has 0 spiro atoms. The predicted molar refractivity (Wildman–Crippen MR) is 91.3 cm³/mol. The van der Waals surface area contributed by atoms with E-state index in [9.17, 15) is 4.79 Å². The first-order valence-corrected chi connectivity index (χ1v) is 8.67. The van der Waals surface area contributed by atoms with E-state index in [0.717, 1.165) is 18.0 Å². The standard InChI is InChI=1S/C17H30N4O2/c1-17(2,3)23-16(22)20-15-14(12-19-21-15)11-18-10-13-8-6-4-5-7-9-13/h12-13,18H,4-11H2,1-3H3,(H2,19,20,21,22). The first kappa shape index (κ1) is 17.8. The first-order chi connectivity index (χ1) is 10.9. The molecule has 1 fully saturated rings. The quantitative estimate of drug-likeness (QED) is 0.720. The Balaban J connectivity index is 1.78. The van der Waals surface area contributed by atoms with Gasteiger partial charge in [0.25, 0.3) is 0 Å². The van der Waals surface area contributed by atoms with Gasteiger partial charge in [-0.25, -0.2) is 4.79 Å². The highest BCUT2D eigenvalue weighted by molar-refractivity contribution is 5.84. The Kier molecular flexibility index (Phi) is 6.45. The number of H-pyrrole nitrogens is 1. The number of ether oxygens (including phenoxy) is 1. The number of hydrogen-bond donors (Lipinski definition) is 3. The maximum atomic E-state index is 11.8. The number of hydrogen-bond acceptors (Lipinski definition) is 4. The molecule has 23 heavy (non-hydrogen) atoms. The SMILES string of the molecule is CC(C)(C)OC(=O)Nc1[nH]ncc1CNCC1CCCCCC1. The van der Waals surface area contributed by atoms with E-state index in [1.54, 1.807) is 6.20 Å². The van der Waals surface area contributed by atoms with Crippen molar-refractivity contribution < 1.29 is 9.53 Å². The Morgan fingerprint density at radius 1 is 1.30 bits per heavy atom. The zero-order valence-electron chi connectivity index (χ0n) is 14.6. The minimum absolute atomic E-state index is 0.466. The number of carbonyl (C=O) groups is 1. The van der Waals surface area contributed by atoms with Crippen LogP contribution in [0.2, 0.25) is 0 Å². The number of nitrogens with one attached hydrogen (secondary N) is 3. The maximum absolute atomic E-state index is 11.8. The summed E-state index contributed by atoms with van der Waals surface area (Å²) in [6.07, 6.45) is 9.37. The molecule has 0 unspecified atom stereocenters. The van der Waals surface area contributed by atoms with Gasteiger partial charge in [0.05, 0.1) is 6.20 Å². The molecular weight excluding hydrogens is 292 g/mol. The fourth-order valence-corrected chi connectivity index (χ4v) is 2.94. The average molecular weight is 322 g/mol. The second-order valence-corrected chi connectivity index (χ2v) is 7.39. The largest absolute Gasteiger partial charge is 0.444 e. The van der Waals surface area contributed by atoms with E-state index >= 15 is 0 Å². The third kappa shape index (κ3) is 6.60. The Morgan fingerprint density at radius 2 is 2.00 bits per heavy atom. The van der Waals surface area contributed by atoms with Gasteiger partial charge in [0.2, 0.25) is 0 Å². The Hall–Kier alpha value is -1.56. The van der Waals surface area contributed by atoms with Crippen molar-refractivity contribution in [3.63, 3.8) is 0 Å². The van der Waals surface area contributed by atoms with E-state index in [2.05, 4.69) is 20.8 Å². The molecule has 0 aromatic carbocycles. The van der Waals surface area contributed by atoms with Crippen molar-refractivity contribution in [2.45, 2.75) is 71.4 Å². The van der Waals surface area contributed by atoms with Crippen LogP contribution in [0.4, 0.5) is 10.6 Å². The summed E-state index contributed by atoms with van der Waals surface area (Å²) in [5.74, 6) is 1.37. The van der Waals surface area contributed by atoms with Gasteiger partial charge in [0, 0.05) is 12.1 Å². The van der Waals surface area contributed by atoms with E-state index < -0.39 is 11.7 Å². The summed E-state index contributed by atoms with van der Waals surface area (Å²) in [6.45, 7) is 7.24. The number of aromatic amines is 1. The molecule has 0 saturated heterocycles. The highest BCUT2D eigenvalue weighted by Gasteiger charge is 2.18. The van der Waals surface area contributed by atoms with Gasteiger partial charge in [-0.1, -0.05) is 25.7 Å². The van der Waals surface area contributed by atoms with Gasteiger partial charge in [-0.15, -0.1) is 0 Å². The number of amides is 1. The van der Waals surface area contributed by atoms with Crippen molar-refractivity contribution in [3.05, 3.63) is 11.8 Å². The molecule has 1 saturated carbocycles. The molecule has 0 bridgehead atoms. The topological polar surface area (TPSA) is 79.0 Å². The monoisotopic (exact) mass is 322 g/mol. The number of nitrogens with zero attached hydrogens (tertiary/aromatic N) is 1. The normalized spacial score (nSPS) is 16.8. The van der Waals surface area contributed by atoms with Gasteiger partial charge in [-0.2, -0.15) is 5.10 Å². The summed E-state index contributed by atoms with van der Waals surface area (Å²) < 4.78 is 5.26. The van der Waals surface area contributed by atoms with Crippen LogP contribution in [0.5, 0.6) is 0 Å². The van der Waals surface area contributed by atoms with Crippen LogP contribution in [0.3, 0.4) is 0 Å². The molecule has 1 aliphatic rings. The predicted octanol–water partition coefficient (Wildman–Crippen LogP) is 3.82. The van der Waals surface area contributed by atoms with Crippen molar-refractivity contribution >= 4 is 11.9 Å². The fraction of sp³-hybridized carbons (Fsp3) is 0.765. The lowest BCUT2D eigenvalue weighted by Crippen LogP contribution is -2.28. The van der Waals surface area contributed by atoms with Crippen molar-refractivity contribution in [1.82, 2.24) is 15.5 Å². The van der Waals surface area contributed by atoms with Crippen molar-refractivity contribution in [3.8, 4) is 0 Å². The molecule has 6 nitrogen and oxygen atoms in total. The Bertz CT molecular complexity index is 485. The van der Waals surface area contributed by atoms with Crippen LogP contribution in [0.1, 0.15) is 64.9 Å². The van der Waals surface area contributed by atoms with Gasteiger partial charge in [0.1, 0.15) is 11.4 Å². The Labute approximate surface area is 138 Å².